The summed E-state index contributed by atoms with van der Waals surface area (Å²) in [5.74, 6) is 0.236. The van der Waals surface area contributed by atoms with E-state index >= 15 is 0 Å². The van der Waals surface area contributed by atoms with Gasteiger partial charge in [0.05, 0.1) is 14.2 Å². The van der Waals surface area contributed by atoms with E-state index in [9.17, 15) is 14.4 Å². The van der Waals surface area contributed by atoms with Crippen molar-refractivity contribution in [3.05, 3.63) is 64.9 Å². The molecule has 3 rings (SSSR count). The Bertz CT molecular complexity index is 1330. The van der Waals surface area contributed by atoms with E-state index in [1.54, 1.807) is 55.5 Å². The summed E-state index contributed by atoms with van der Waals surface area (Å²) in [6.07, 6.45) is -0.370. The van der Waals surface area contributed by atoms with Gasteiger partial charge in [-0.15, -0.1) is 0 Å². The zero-order valence-corrected chi connectivity index (χ0v) is 23.6. The van der Waals surface area contributed by atoms with Crippen LogP contribution in [0.25, 0.3) is 0 Å². The minimum Gasteiger partial charge on any atom is -0.493 e. The van der Waals surface area contributed by atoms with Crippen molar-refractivity contribution in [3.8, 4) is 11.5 Å². The van der Waals surface area contributed by atoms with Gasteiger partial charge in [0.1, 0.15) is 11.8 Å². The van der Waals surface area contributed by atoms with Crippen molar-refractivity contribution < 1.29 is 28.4 Å². The molecule has 3 amide bonds. The van der Waals surface area contributed by atoms with Crippen LogP contribution in [0.4, 0.5) is 11.5 Å². The molecule has 0 aliphatic carbocycles. The van der Waals surface area contributed by atoms with Gasteiger partial charge in [-0.3, -0.25) is 19.3 Å². The molecule has 0 fully saturated rings. The molecule has 10 nitrogen and oxygen atoms in total. The zero-order valence-electron chi connectivity index (χ0n) is 22.8. The van der Waals surface area contributed by atoms with Gasteiger partial charge >= 0.3 is 0 Å². The highest BCUT2D eigenvalue weighted by molar-refractivity contribution is 6.31. The summed E-state index contributed by atoms with van der Waals surface area (Å²) < 4.78 is 15.8. The van der Waals surface area contributed by atoms with Crippen molar-refractivity contribution in [3.63, 3.8) is 0 Å². The maximum Gasteiger partial charge on any atom is 0.248 e. The lowest BCUT2D eigenvalue weighted by molar-refractivity contribution is -0.128. The van der Waals surface area contributed by atoms with Crippen LogP contribution in [0.15, 0.2) is 53.1 Å². The number of methoxy groups -OCH3 is 2. The van der Waals surface area contributed by atoms with Gasteiger partial charge < -0.3 is 24.6 Å². The smallest absolute Gasteiger partial charge is 0.248 e. The molecule has 208 valence electrons. The number of amides is 3. The predicted octanol–water partition coefficient (Wildman–Crippen LogP) is 5.06. The van der Waals surface area contributed by atoms with Gasteiger partial charge in [-0.25, -0.2) is 0 Å². The Labute approximate surface area is 232 Å². The Balaban J connectivity index is 2.04. The number of nitrogens with zero attached hydrogens (tertiary/aromatic N) is 2. The first-order valence-corrected chi connectivity index (χ1v) is 12.6. The number of carbonyl (C=O) groups is 3. The molecule has 0 aliphatic rings. The molecule has 0 radical (unpaired) electrons. The van der Waals surface area contributed by atoms with E-state index in [1.165, 1.54) is 19.1 Å². The minimum atomic E-state index is -1.15. The van der Waals surface area contributed by atoms with E-state index in [0.717, 1.165) is 0 Å². The van der Waals surface area contributed by atoms with Crippen molar-refractivity contribution in [1.82, 2.24) is 10.5 Å². The highest BCUT2D eigenvalue weighted by Crippen LogP contribution is 2.37. The van der Waals surface area contributed by atoms with E-state index in [0.29, 0.717) is 33.5 Å². The number of carbonyl (C=O) groups excluding carboxylic acids is 3. The number of anilines is 2. The van der Waals surface area contributed by atoms with Crippen LogP contribution in [0, 0.1) is 6.92 Å². The first kappa shape index (κ1) is 29.5. The number of aromatic nitrogens is 1. The number of benzene rings is 2. The van der Waals surface area contributed by atoms with Gasteiger partial charge in [0, 0.05) is 46.8 Å². The second kappa shape index (κ2) is 12.7. The highest BCUT2D eigenvalue weighted by atomic mass is 35.5. The van der Waals surface area contributed by atoms with E-state index in [4.69, 9.17) is 25.6 Å². The highest BCUT2D eigenvalue weighted by Gasteiger charge is 2.36. The number of aryl methyl sites for hydroxylation is 1. The molecule has 0 saturated carbocycles. The van der Waals surface area contributed by atoms with Crippen LogP contribution in [-0.2, 0) is 14.4 Å². The van der Waals surface area contributed by atoms with E-state index < -0.39 is 29.3 Å². The monoisotopic (exact) mass is 556 g/mol. The molecule has 2 N–H and O–H groups in total. The van der Waals surface area contributed by atoms with Crippen molar-refractivity contribution in [2.45, 2.75) is 52.1 Å². The lowest BCUT2D eigenvalue weighted by atomic mass is 10.00. The summed E-state index contributed by atoms with van der Waals surface area (Å²) in [6.45, 7) is 7.22. The summed E-state index contributed by atoms with van der Waals surface area (Å²) in [4.78, 5) is 41.6. The summed E-state index contributed by atoms with van der Waals surface area (Å²) in [5.41, 5.74) is 0.184. The fourth-order valence-electron chi connectivity index (χ4n) is 3.92. The van der Waals surface area contributed by atoms with E-state index in [-0.39, 0.29) is 18.7 Å². The van der Waals surface area contributed by atoms with Gasteiger partial charge in [0.15, 0.2) is 17.3 Å². The molecule has 2 aromatic carbocycles. The normalized spacial score (nSPS) is 11.9. The van der Waals surface area contributed by atoms with E-state index in [2.05, 4.69) is 15.8 Å². The van der Waals surface area contributed by atoms with Crippen molar-refractivity contribution in [2.24, 2.45) is 0 Å². The van der Waals surface area contributed by atoms with Crippen LogP contribution < -0.4 is 25.0 Å². The fraction of sp³-hybridized carbons (Fsp3) is 0.357. The molecule has 39 heavy (non-hydrogen) atoms. The minimum absolute atomic E-state index is 0.162. The number of hydrogen-bond donors (Lipinski definition) is 2. The second-order valence-corrected chi connectivity index (χ2v) is 10.2. The van der Waals surface area contributed by atoms with Gasteiger partial charge in [0.2, 0.25) is 17.7 Å². The van der Waals surface area contributed by atoms with Crippen LogP contribution in [0.3, 0.4) is 0 Å². The molecule has 0 bridgehead atoms. The van der Waals surface area contributed by atoms with Crippen LogP contribution in [-0.4, -0.2) is 42.6 Å². The van der Waals surface area contributed by atoms with Crippen molar-refractivity contribution >= 4 is 40.8 Å². The molecular weight excluding hydrogens is 524 g/mol. The lowest BCUT2D eigenvalue weighted by Gasteiger charge is -2.34. The summed E-state index contributed by atoms with van der Waals surface area (Å²) in [5, 5.41) is 9.61. The van der Waals surface area contributed by atoms with Crippen LogP contribution in [0.2, 0.25) is 5.02 Å². The molecule has 1 aromatic heterocycles. The van der Waals surface area contributed by atoms with Crippen LogP contribution in [0.5, 0.6) is 11.5 Å². The van der Waals surface area contributed by atoms with Gasteiger partial charge in [0.25, 0.3) is 0 Å². The Morgan fingerprint density at radius 3 is 2.31 bits per heavy atom. The number of nitrogens with one attached hydrogen (secondary N) is 2. The van der Waals surface area contributed by atoms with E-state index in [1.807, 2.05) is 20.8 Å². The first-order valence-electron chi connectivity index (χ1n) is 12.3. The van der Waals surface area contributed by atoms with Crippen LogP contribution >= 0.6 is 11.6 Å². The van der Waals surface area contributed by atoms with Gasteiger partial charge in [-0.2, -0.15) is 0 Å². The number of halogens is 1. The first-order chi connectivity index (χ1) is 18.4. The largest absolute Gasteiger partial charge is 0.493 e. The third kappa shape index (κ3) is 7.73. The number of hydrogen-bond acceptors (Lipinski definition) is 7. The van der Waals surface area contributed by atoms with Gasteiger partial charge in [-0.05, 0) is 45.9 Å². The Morgan fingerprint density at radius 1 is 1.03 bits per heavy atom. The molecule has 1 atom stereocenters. The van der Waals surface area contributed by atoms with Crippen molar-refractivity contribution in [1.29, 1.82) is 0 Å². The molecule has 11 heteroatoms. The maximum absolute atomic E-state index is 13.9. The third-order valence-electron chi connectivity index (χ3n) is 5.58. The molecular formula is C28H33ClN4O6. The maximum atomic E-state index is 13.9. The number of rotatable bonds is 10. The standard InChI is InChI=1S/C28H33ClN4O6/c1-17-15-23(32-39-17)30-24(34)13-14-25(35)33(18-11-12-21(37-5)22(16-18)38-6)26(27(36)31-28(2,3)4)19-9-7-8-10-20(19)29/h7-12,15-16,26H,13-14H2,1-6H3,(H,31,36)(H,30,32,34)/t26-/m0/s1. The summed E-state index contributed by atoms with van der Waals surface area (Å²) >= 11 is 6.55. The second-order valence-electron chi connectivity index (χ2n) is 9.84. The molecule has 1 heterocycles. The predicted molar refractivity (Wildman–Crippen MR) is 148 cm³/mol. The lowest BCUT2D eigenvalue weighted by Crippen LogP contribution is -2.49. The molecule has 0 spiro atoms. The molecule has 3 aromatic rings. The Kier molecular flexibility index (Phi) is 9.58. The third-order valence-corrected chi connectivity index (χ3v) is 5.92. The Morgan fingerprint density at radius 2 is 1.72 bits per heavy atom. The summed E-state index contributed by atoms with van der Waals surface area (Å²) in [6, 6.07) is 12.1. The topological polar surface area (TPSA) is 123 Å². The number of ether oxygens (including phenoxy) is 2. The van der Waals surface area contributed by atoms with Crippen molar-refractivity contribution in [2.75, 3.05) is 24.4 Å². The molecule has 0 aliphatic heterocycles. The Hall–Kier alpha value is -4.05. The fourth-order valence-corrected chi connectivity index (χ4v) is 4.15. The SMILES string of the molecule is COc1ccc(N(C(=O)CCC(=O)Nc2cc(C)on2)[C@H](C(=O)NC(C)(C)C)c2ccccc2Cl)cc1OC. The quantitative estimate of drug-likeness (QED) is 0.358. The van der Waals surface area contributed by atoms with Gasteiger partial charge in [-0.1, -0.05) is 35.0 Å². The average molecular weight is 557 g/mol. The van der Waals surface area contributed by atoms with Crippen LogP contribution in [0.1, 0.15) is 51.0 Å². The zero-order chi connectivity index (χ0) is 28.7. The average Bonchev–Trinajstić information content (AvgIpc) is 3.29. The molecule has 0 saturated heterocycles. The summed E-state index contributed by atoms with van der Waals surface area (Å²) in [7, 11) is 2.97. The molecule has 0 unspecified atom stereocenters.